The molecule has 2 aromatic carbocycles. The minimum absolute atomic E-state index is 0.168. The Kier molecular flexibility index (Phi) is 3.77. The Labute approximate surface area is 123 Å². The van der Waals surface area contributed by atoms with Crippen molar-refractivity contribution >= 4 is 11.6 Å². The number of hydrogen-bond donors (Lipinski definition) is 1. The van der Waals surface area contributed by atoms with Crippen LogP contribution in [0.2, 0.25) is 5.02 Å². The van der Waals surface area contributed by atoms with E-state index >= 15 is 0 Å². The Morgan fingerprint density at radius 2 is 2.00 bits per heavy atom. The van der Waals surface area contributed by atoms with E-state index in [-0.39, 0.29) is 5.82 Å². The second-order valence-corrected chi connectivity index (χ2v) is 5.81. The topological polar surface area (TPSA) is 12.0 Å². The number of nitrogens with one attached hydrogen (secondary N) is 1. The van der Waals surface area contributed by atoms with Crippen molar-refractivity contribution < 1.29 is 4.39 Å². The molecule has 104 valence electrons. The van der Waals surface area contributed by atoms with Gasteiger partial charge in [-0.15, -0.1) is 0 Å². The average molecular weight is 290 g/mol. The summed E-state index contributed by atoms with van der Waals surface area (Å²) in [5.74, 6) is -0.168. The Balaban J connectivity index is 2.00. The molecule has 3 heteroatoms. The lowest BCUT2D eigenvalue weighted by Crippen LogP contribution is -2.16. The number of halogens is 2. The Morgan fingerprint density at radius 1 is 1.20 bits per heavy atom. The van der Waals surface area contributed by atoms with Crippen molar-refractivity contribution in [1.29, 1.82) is 0 Å². The molecule has 1 aliphatic carbocycles. The van der Waals surface area contributed by atoms with Gasteiger partial charge >= 0.3 is 0 Å². The van der Waals surface area contributed by atoms with Gasteiger partial charge in [0.25, 0.3) is 0 Å². The van der Waals surface area contributed by atoms with Gasteiger partial charge in [0, 0.05) is 17.6 Å². The van der Waals surface area contributed by atoms with E-state index < -0.39 is 0 Å². The first-order chi connectivity index (χ1) is 9.65. The molecule has 0 amide bonds. The smallest absolute Gasteiger partial charge is 0.126 e. The van der Waals surface area contributed by atoms with E-state index in [0.29, 0.717) is 11.6 Å². The Bertz CT molecular complexity index is 635. The van der Waals surface area contributed by atoms with Crippen LogP contribution >= 0.6 is 11.6 Å². The Morgan fingerprint density at radius 3 is 2.75 bits per heavy atom. The molecule has 0 aliphatic heterocycles. The zero-order chi connectivity index (χ0) is 14.1. The first-order valence-corrected chi connectivity index (χ1v) is 7.30. The summed E-state index contributed by atoms with van der Waals surface area (Å²) in [6, 6.07) is 11.7. The van der Waals surface area contributed by atoms with E-state index in [1.807, 2.05) is 31.2 Å². The van der Waals surface area contributed by atoms with Crippen LogP contribution in [0.3, 0.4) is 0 Å². The van der Waals surface area contributed by atoms with Gasteiger partial charge in [0.2, 0.25) is 0 Å². The summed E-state index contributed by atoms with van der Waals surface area (Å²) in [5.41, 5.74) is 3.80. The average Bonchev–Trinajstić information content (AvgIpc) is 3.24. The molecule has 0 spiro atoms. The summed E-state index contributed by atoms with van der Waals surface area (Å²) >= 11 is 6.10. The minimum Gasteiger partial charge on any atom is -0.310 e. The van der Waals surface area contributed by atoms with E-state index in [9.17, 15) is 4.39 Å². The maximum atomic E-state index is 13.8. The molecule has 0 bridgehead atoms. The molecule has 0 unspecified atom stereocenters. The second kappa shape index (κ2) is 5.55. The van der Waals surface area contributed by atoms with Crippen LogP contribution in [0.5, 0.6) is 0 Å². The van der Waals surface area contributed by atoms with Gasteiger partial charge in [-0.05, 0) is 60.2 Å². The predicted molar refractivity (Wildman–Crippen MR) is 81.4 cm³/mol. The number of benzene rings is 2. The number of rotatable bonds is 4. The SMILES string of the molecule is Cc1c(F)cccc1-c1ccc(Cl)cc1CNC1CC1. The van der Waals surface area contributed by atoms with Gasteiger partial charge in [-0.25, -0.2) is 4.39 Å². The van der Waals surface area contributed by atoms with Gasteiger partial charge < -0.3 is 5.32 Å². The lowest BCUT2D eigenvalue weighted by molar-refractivity contribution is 0.619. The molecule has 1 fully saturated rings. The minimum atomic E-state index is -0.168. The fourth-order valence-corrected chi connectivity index (χ4v) is 2.61. The highest BCUT2D eigenvalue weighted by molar-refractivity contribution is 6.30. The standard InChI is InChI=1S/C17H17ClFN/c1-11-15(3-2-4-17(11)19)16-8-5-13(18)9-12(16)10-20-14-6-7-14/h2-5,8-9,14,20H,6-7,10H2,1H3. The molecule has 2 aromatic rings. The van der Waals surface area contributed by atoms with E-state index in [0.717, 1.165) is 28.3 Å². The molecule has 0 atom stereocenters. The summed E-state index contributed by atoms with van der Waals surface area (Å²) in [7, 11) is 0. The molecule has 1 aliphatic rings. The number of hydrogen-bond acceptors (Lipinski definition) is 1. The summed E-state index contributed by atoms with van der Waals surface area (Å²) < 4.78 is 13.8. The molecule has 0 heterocycles. The fourth-order valence-electron chi connectivity index (χ4n) is 2.41. The Hall–Kier alpha value is -1.38. The van der Waals surface area contributed by atoms with E-state index in [4.69, 9.17) is 11.6 Å². The largest absolute Gasteiger partial charge is 0.310 e. The summed E-state index contributed by atoms with van der Waals surface area (Å²) in [5, 5.41) is 4.21. The highest BCUT2D eigenvalue weighted by Gasteiger charge is 2.21. The molecule has 0 radical (unpaired) electrons. The lowest BCUT2D eigenvalue weighted by Gasteiger charge is -2.13. The van der Waals surface area contributed by atoms with E-state index in [1.165, 1.54) is 18.9 Å². The van der Waals surface area contributed by atoms with Crippen LogP contribution in [0.1, 0.15) is 24.0 Å². The molecular weight excluding hydrogens is 273 g/mol. The van der Waals surface area contributed by atoms with Gasteiger partial charge in [-0.3, -0.25) is 0 Å². The molecule has 1 N–H and O–H groups in total. The first kappa shape index (κ1) is 13.6. The normalized spacial score (nSPS) is 14.6. The van der Waals surface area contributed by atoms with Gasteiger partial charge in [0.1, 0.15) is 5.82 Å². The van der Waals surface area contributed by atoms with Gasteiger partial charge in [0.15, 0.2) is 0 Å². The molecule has 1 nitrogen and oxygen atoms in total. The van der Waals surface area contributed by atoms with Crippen LogP contribution in [0.15, 0.2) is 36.4 Å². The zero-order valence-corrected chi connectivity index (χ0v) is 12.2. The second-order valence-electron chi connectivity index (χ2n) is 5.37. The third-order valence-electron chi connectivity index (χ3n) is 3.78. The van der Waals surface area contributed by atoms with Crippen molar-refractivity contribution in [2.24, 2.45) is 0 Å². The van der Waals surface area contributed by atoms with Crippen LogP contribution in [-0.4, -0.2) is 6.04 Å². The molecule has 20 heavy (non-hydrogen) atoms. The highest BCUT2D eigenvalue weighted by atomic mass is 35.5. The maximum absolute atomic E-state index is 13.8. The van der Waals surface area contributed by atoms with Crippen molar-refractivity contribution in [3.8, 4) is 11.1 Å². The molecule has 0 saturated heterocycles. The van der Waals surface area contributed by atoms with Crippen LogP contribution in [0, 0.1) is 12.7 Å². The van der Waals surface area contributed by atoms with Crippen LogP contribution < -0.4 is 5.32 Å². The molecule has 3 rings (SSSR count). The lowest BCUT2D eigenvalue weighted by atomic mass is 9.95. The fraction of sp³-hybridized carbons (Fsp3) is 0.294. The van der Waals surface area contributed by atoms with Crippen molar-refractivity contribution in [3.63, 3.8) is 0 Å². The monoisotopic (exact) mass is 289 g/mol. The molecule has 1 saturated carbocycles. The summed E-state index contributed by atoms with van der Waals surface area (Å²) in [6.45, 7) is 2.59. The van der Waals surface area contributed by atoms with Crippen LogP contribution in [0.4, 0.5) is 4.39 Å². The van der Waals surface area contributed by atoms with Crippen LogP contribution in [-0.2, 0) is 6.54 Å². The van der Waals surface area contributed by atoms with E-state index in [1.54, 1.807) is 6.07 Å². The zero-order valence-electron chi connectivity index (χ0n) is 11.4. The third kappa shape index (κ3) is 2.87. The van der Waals surface area contributed by atoms with Crippen molar-refractivity contribution in [3.05, 3.63) is 58.4 Å². The predicted octanol–water partition coefficient (Wildman–Crippen LogP) is 4.71. The van der Waals surface area contributed by atoms with Crippen molar-refractivity contribution in [1.82, 2.24) is 5.32 Å². The quantitative estimate of drug-likeness (QED) is 0.860. The van der Waals surface area contributed by atoms with Crippen molar-refractivity contribution in [2.75, 3.05) is 0 Å². The van der Waals surface area contributed by atoms with E-state index in [2.05, 4.69) is 5.32 Å². The van der Waals surface area contributed by atoms with Gasteiger partial charge in [-0.1, -0.05) is 29.8 Å². The summed E-state index contributed by atoms with van der Waals surface area (Å²) in [4.78, 5) is 0. The van der Waals surface area contributed by atoms with Gasteiger partial charge in [-0.2, -0.15) is 0 Å². The van der Waals surface area contributed by atoms with Crippen LogP contribution in [0.25, 0.3) is 11.1 Å². The van der Waals surface area contributed by atoms with Crippen molar-refractivity contribution in [2.45, 2.75) is 32.4 Å². The summed E-state index contributed by atoms with van der Waals surface area (Å²) in [6.07, 6.45) is 2.49. The molecular formula is C17H17ClFN. The maximum Gasteiger partial charge on any atom is 0.126 e. The van der Waals surface area contributed by atoms with Gasteiger partial charge in [0.05, 0.1) is 0 Å². The highest BCUT2D eigenvalue weighted by Crippen LogP contribution is 2.31. The third-order valence-corrected chi connectivity index (χ3v) is 4.02. The molecule has 0 aromatic heterocycles. The first-order valence-electron chi connectivity index (χ1n) is 6.92.